The van der Waals surface area contributed by atoms with Crippen LogP contribution in [0, 0.1) is 6.92 Å². The summed E-state index contributed by atoms with van der Waals surface area (Å²) >= 11 is 0. The highest BCUT2D eigenvalue weighted by molar-refractivity contribution is 5.87. The van der Waals surface area contributed by atoms with Crippen LogP contribution in [0.15, 0.2) is 36.8 Å². The standard InChI is InChI=1S/C17H20N6/c1-13-4-2-5-14(10-13)23-17-15(11-21-23)16(19-12-20-17)22-8-3-6-18-7-9-22/h2,4-5,10-12,18H,3,6-9H2,1H3. The number of anilines is 1. The van der Waals surface area contributed by atoms with Gasteiger partial charge in [-0.25, -0.2) is 14.6 Å². The van der Waals surface area contributed by atoms with Crippen LogP contribution in [0.4, 0.5) is 5.82 Å². The number of rotatable bonds is 2. The Labute approximate surface area is 135 Å². The first-order valence-electron chi connectivity index (χ1n) is 8.04. The lowest BCUT2D eigenvalue weighted by Crippen LogP contribution is -2.28. The molecule has 23 heavy (non-hydrogen) atoms. The molecule has 2 aromatic heterocycles. The van der Waals surface area contributed by atoms with Gasteiger partial charge in [0.2, 0.25) is 0 Å². The lowest BCUT2D eigenvalue weighted by atomic mass is 10.2. The Hall–Kier alpha value is -2.47. The van der Waals surface area contributed by atoms with Gasteiger partial charge in [-0.1, -0.05) is 12.1 Å². The van der Waals surface area contributed by atoms with Crippen LogP contribution in [0.2, 0.25) is 0 Å². The molecule has 3 aromatic rings. The summed E-state index contributed by atoms with van der Waals surface area (Å²) in [6.07, 6.45) is 4.65. The summed E-state index contributed by atoms with van der Waals surface area (Å²) in [7, 11) is 0. The van der Waals surface area contributed by atoms with Crippen molar-refractivity contribution < 1.29 is 0 Å². The molecule has 0 amide bonds. The molecule has 118 valence electrons. The summed E-state index contributed by atoms with van der Waals surface area (Å²) < 4.78 is 1.89. The molecular formula is C17H20N6. The predicted molar refractivity (Wildman–Crippen MR) is 91.1 cm³/mol. The molecule has 4 rings (SSSR count). The molecule has 3 heterocycles. The smallest absolute Gasteiger partial charge is 0.168 e. The van der Waals surface area contributed by atoms with E-state index >= 15 is 0 Å². The van der Waals surface area contributed by atoms with Crippen LogP contribution in [0.25, 0.3) is 16.7 Å². The minimum Gasteiger partial charge on any atom is -0.355 e. The van der Waals surface area contributed by atoms with Crippen molar-refractivity contribution in [2.75, 3.05) is 31.1 Å². The van der Waals surface area contributed by atoms with Crippen LogP contribution in [-0.4, -0.2) is 45.9 Å². The quantitative estimate of drug-likeness (QED) is 0.784. The van der Waals surface area contributed by atoms with E-state index < -0.39 is 0 Å². The second-order valence-electron chi connectivity index (χ2n) is 5.92. The Balaban J connectivity index is 1.80. The number of nitrogens with zero attached hydrogens (tertiary/aromatic N) is 5. The predicted octanol–water partition coefficient (Wildman–Crippen LogP) is 1.92. The van der Waals surface area contributed by atoms with Crippen molar-refractivity contribution in [2.45, 2.75) is 13.3 Å². The summed E-state index contributed by atoms with van der Waals surface area (Å²) in [6.45, 7) is 6.10. The van der Waals surface area contributed by atoms with Gasteiger partial charge in [0.25, 0.3) is 0 Å². The number of nitrogens with one attached hydrogen (secondary N) is 1. The third-order valence-corrected chi connectivity index (χ3v) is 4.23. The second-order valence-corrected chi connectivity index (χ2v) is 5.92. The van der Waals surface area contributed by atoms with Gasteiger partial charge < -0.3 is 10.2 Å². The fourth-order valence-corrected chi connectivity index (χ4v) is 3.09. The van der Waals surface area contributed by atoms with E-state index in [1.54, 1.807) is 6.33 Å². The molecule has 0 atom stereocenters. The van der Waals surface area contributed by atoms with Crippen molar-refractivity contribution in [3.8, 4) is 5.69 Å². The van der Waals surface area contributed by atoms with Crippen molar-refractivity contribution in [2.24, 2.45) is 0 Å². The zero-order valence-corrected chi connectivity index (χ0v) is 13.2. The number of aromatic nitrogens is 4. The van der Waals surface area contributed by atoms with E-state index in [0.29, 0.717) is 0 Å². The van der Waals surface area contributed by atoms with Gasteiger partial charge in [-0.15, -0.1) is 0 Å². The molecule has 1 aliphatic rings. The first kappa shape index (κ1) is 14.1. The molecule has 0 bridgehead atoms. The Morgan fingerprint density at radius 2 is 2.09 bits per heavy atom. The molecule has 6 heteroatoms. The topological polar surface area (TPSA) is 58.9 Å². The van der Waals surface area contributed by atoms with E-state index in [2.05, 4.69) is 50.4 Å². The number of fused-ring (bicyclic) bond motifs is 1. The highest BCUT2D eigenvalue weighted by Gasteiger charge is 2.17. The summed E-state index contributed by atoms with van der Waals surface area (Å²) in [5, 5.41) is 8.99. The Morgan fingerprint density at radius 3 is 3.00 bits per heavy atom. The number of aryl methyl sites for hydroxylation is 1. The van der Waals surface area contributed by atoms with Crippen molar-refractivity contribution in [1.29, 1.82) is 0 Å². The van der Waals surface area contributed by atoms with Gasteiger partial charge in [-0.2, -0.15) is 5.10 Å². The molecule has 1 aromatic carbocycles. The molecule has 6 nitrogen and oxygen atoms in total. The van der Waals surface area contributed by atoms with Crippen molar-refractivity contribution in [3.63, 3.8) is 0 Å². The molecule has 0 aliphatic carbocycles. The molecule has 0 radical (unpaired) electrons. The van der Waals surface area contributed by atoms with Crippen LogP contribution >= 0.6 is 0 Å². The maximum Gasteiger partial charge on any atom is 0.168 e. The molecule has 1 aliphatic heterocycles. The maximum absolute atomic E-state index is 4.56. The Kier molecular flexibility index (Phi) is 3.67. The molecule has 0 unspecified atom stereocenters. The lowest BCUT2D eigenvalue weighted by molar-refractivity contribution is 0.724. The second kappa shape index (κ2) is 5.96. The van der Waals surface area contributed by atoms with Crippen LogP contribution in [0.3, 0.4) is 0 Å². The average Bonchev–Trinajstić information content (AvgIpc) is 2.82. The van der Waals surface area contributed by atoms with E-state index in [1.165, 1.54) is 5.56 Å². The van der Waals surface area contributed by atoms with Gasteiger partial charge in [-0.05, 0) is 37.6 Å². The monoisotopic (exact) mass is 308 g/mol. The number of benzene rings is 1. The number of hydrogen-bond acceptors (Lipinski definition) is 5. The molecule has 1 N–H and O–H groups in total. The zero-order valence-electron chi connectivity index (χ0n) is 13.2. The van der Waals surface area contributed by atoms with Gasteiger partial charge in [-0.3, -0.25) is 0 Å². The first-order chi connectivity index (χ1) is 11.3. The Bertz CT molecular complexity index is 817. The SMILES string of the molecule is Cc1cccc(-n2ncc3c(N4CCCNCC4)ncnc32)c1. The first-order valence-corrected chi connectivity index (χ1v) is 8.04. The average molecular weight is 308 g/mol. The number of hydrogen-bond donors (Lipinski definition) is 1. The van der Waals surface area contributed by atoms with Crippen LogP contribution in [0.1, 0.15) is 12.0 Å². The van der Waals surface area contributed by atoms with E-state index in [0.717, 1.165) is 55.1 Å². The molecule has 1 fully saturated rings. The normalized spacial score (nSPS) is 15.8. The van der Waals surface area contributed by atoms with Crippen molar-refractivity contribution >= 4 is 16.9 Å². The summed E-state index contributed by atoms with van der Waals surface area (Å²) in [5.41, 5.74) is 3.10. The minimum atomic E-state index is 0.859. The highest BCUT2D eigenvalue weighted by atomic mass is 15.3. The van der Waals surface area contributed by atoms with E-state index in [-0.39, 0.29) is 0 Å². The van der Waals surface area contributed by atoms with Gasteiger partial charge in [0.15, 0.2) is 5.65 Å². The minimum absolute atomic E-state index is 0.859. The van der Waals surface area contributed by atoms with E-state index in [4.69, 9.17) is 0 Å². The van der Waals surface area contributed by atoms with Gasteiger partial charge in [0, 0.05) is 19.6 Å². The molecule has 0 saturated carbocycles. The fourth-order valence-electron chi connectivity index (χ4n) is 3.09. The van der Waals surface area contributed by atoms with Gasteiger partial charge in [0.1, 0.15) is 12.1 Å². The summed E-state index contributed by atoms with van der Waals surface area (Å²) in [6, 6.07) is 8.29. The molecular weight excluding hydrogens is 288 g/mol. The zero-order chi connectivity index (χ0) is 15.6. The largest absolute Gasteiger partial charge is 0.355 e. The maximum atomic E-state index is 4.56. The van der Waals surface area contributed by atoms with E-state index in [1.807, 2.05) is 16.9 Å². The van der Waals surface area contributed by atoms with Crippen LogP contribution in [0.5, 0.6) is 0 Å². The molecule has 0 spiro atoms. The van der Waals surface area contributed by atoms with Crippen LogP contribution < -0.4 is 10.2 Å². The Morgan fingerprint density at radius 1 is 1.13 bits per heavy atom. The third kappa shape index (κ3) is 2.66. The van der Waals surface area contributed by atoms with Crippen molar-refractivity contribution in [1.82, 2.24) is 25.1 Å². The summed E-state index contributed by atoms with van der Waals surface area (Å²) in [5.74, 6) is 0.984. The highest BCUT2D eigenvalue weighted by Crippen LogP contribution is 2.25. The third-order valence-electron chi connectivity index (χ3n) is 4.23. The van der Waals surface area contributed by atoms with E-state index in [9.17, 15) is 0 Å². The van der Waals surface area contributed by atoms with Crippen LogP contribution in [-0.2, 0) is 0 Å². The van der Waals surface area contributed by atoms with Gasteiger partial charge in [0.05, 0.1) is 17.3 Å². The van der Waals surface area contributed by atoms with Gasteiger partial charge >= 0.3 is 0 Å². The summed E-state index contributed by atoms with van der Waals surface area (Å²) in [4.78, 5) is 11.3. The molecule has 1 saturated heterocycles. The lowest BCUT2D eigenvalue weighted by Gasteiger charge is -2.21. The van der Waals surface area contributed by atoms with Crippen molar-refractivity contribution in [3.05, 3.63) is 42.4 Å². The fraction of sp³-hybridized carbons (Fsp3) is 0.353.